The Hall–Kier alpha value is -3.42. The molecule has 2 saturated heterocycles. The van der Waals surface area contributed by atoms with Gasteiger partial charge in [-0.05, 0) is 45.0 Å². The Labute approximate surface area is 225 Å². The molecule has 1 amide bonds. The van der Waals surface area contributed by atoms with Crippen molar-refractivity contribution in [3.05, 3.63) is 47.2 Å². The van der Waals surface area contributed by atoms with E-state index in [2.05, 4.69) is 40.2 Å². The topological polar surface area (TPSA) is 101 Å². The second-order valence-corrected chi connectivity index (χ2v) is 10.6. The van der Waals surface area contributed by atoms with Gasteiger partial charge in [-0.3, -0.25) is 0 Å². The molecule has 2 aromatic rings. The molecule has 10 heteroatoms. The van der Waals surface area contributed by atoms with Gasteiger partial charge in [0.05, 0.1) is 24.2 Å². The molecule has 0 aliphatic carbocycles. The standard InChI is InChI=1S/C28H38N8O2/c1-33-14-6-9-22(33)18-34(2)27-31-25-17-30-13-11-24(25)26(32-27)35-15-16-36(23(19-35)10-12-29)28(37)38-20-21-7-4-3-5-8-21/h3-5,7-8,22-23,30H,6,9-11,13-20H2,1-2H3/t22-,23-/m0/s1. The van der Waals surface area contributed by atoms with Crippen LogP contribution in [0.4, 0.5) is 16.6 Å². The highest BCUT2D eigenvalue weighted by molar-refractivity contribution is 5.69. The first-order valence-electron chi connectivity index (χ1n) is 13.6. The quantitative estimate of drug-likeness (QED) is 0.592. The third kappa shape index (κ3) is 5.84. The lowest BCUT2D eigenvalue weighted by Gasteiger charge is -2.41. The largest absolute Gasteiger partial charge is 0.445 e. The first-order valence-corrected chi connectivity index (χ1v) is 13.6. The van der Waals surface area contributed by atoms with Crippen LogP contribution in [-0.2, 0) is 24.3 Å². The van der Waals surface area contributed by atoms with Crippen LogP contribution in [0.2, 0.25) is 0 Å². The van der Waals surface area contributed by atoms with Crippen molar-refractivity contribution in [3.8, 4) is 6.07 Å². The van der Waals surface area contributed by atoms with E-state index in [1.54, 1.807) is 4.90 Å². The van der Waals surface area contributed by atoms with Crippen LogP contribution in [0.1, 0.15) is 36.1 Å². The van der Waals surface area contributed by atoms with Gasteiger partial charge in [-0.15, -0.1) is 0 Å². The molecule has 3 aliphatic heterocycles. The minimum Gasteiger partial charge on any atom is -0.445 e. The second-order valence-electron chi connectivity index (χ2n) is 10.6. The van der Waals surface area contributed by atoms with Crippen molar-refractivity contribution in [2.45, 2.75) is 50.9 Å². The van der Waals surface area contributed by atoms with E-state index < -0.39 is 0 Å². The van der Waals surface area contributed by atoms with Crippen LogP contribution in [0, 0.1) is 11.3 Å². The number of nitrogens with one attached hydrogen (secondary N) is 1. The SMILES string of the molecule is CN(C[C@@H]1CCCN1C)c1nc2c(c(N3CCN(C(=O)OCc4ccccc4)[C@@H](CC#N)C3)n1)CCNC2. The molecule has 0 unspecified atom stereocenters. The Balaban J connectivity index is 1.33. The van der Waals surface area contributed by atoms with Crippen molar-refractivity contribution in [1.82, 2.24) is 25.1 Å². The zero-order valence-corrected chi connectivity index (χ0v) is 22.5. The Bertz CT molecular complexity index is 1150. The van der Waals surface area contributed by atoms with E-state index in [9.17, 15) is 10.1 Å². The molecular weight excluding hydrogens is 480 g/mol. The van der Waals surface area contributed by atoms with Crippen molar-refractivity contribution >= 4 is 17.9 Å². The number of nitriles is 1. The lowest BCUT2D eigenvalue weighted by molar-refractivity contribution is 0.0768. The van der Waals surface area contributed by atoms with E-state index in [1.165, 1.54) is 18.4 Å². The zero-order valence-electron chi connectivity index (χ0n) is 22.5. The summed E-state index contributed by atoms with van der Waals surface area (Å²) in [5, 5.41) is 13.0. The van der Waals surface area contributed by atoms with Gasteiger partial charge >= 0.3 is 6.09 Å². The van der Waals surface area contributed by atoms with Crippen molar-refractivity contribution in [2.75, 3.05) is 63.2 Å². The molecule has 0 spiro atoms. The van der Waals surface area contributed by atoms with E-state index in [4.69, 9.17) is 14.7 Å². The van der Waals surface area contributed by atoms with Crippen LogP contribution >= 0.6 is 0 Å². The fraction of sp³-hybridized carbons (Fsp3) is 0.571. The number of amides is 1. The summed E-state index contributed by atoms with van der Waals surface area (Å²) >= 11 is 0. The number of aromatic nitrogens is 2. The molecule has 3 aliphatic rings. The number of rotatable bonds is 7. The van der Waals surface area contributed by atoms with Gasteiger partial charge in [-0.1, -0.05) is 30.3 Å². The minimum absolute atomic E-state index is 0.220. The van der Waals surface area contributed by atoms with Gasteiger partial charge in [-0.25, -0.2) is 9.78 Å². The highest BCUT2D eigenvalue weighted by atomic mass is 16.6. The normalized spacial score (nSPS) is 21.6. The molecule has 0 radical (unpaired) electrons. The lowest BCUT2D eigenvalue weighted by atomic mass is 10.0. The zero-order chi connectivity index (χ0) is 26.5. The van der Waals surface area contributed by atoms with Gasteiger partial charge in [0.15, 0.2) is 0 Å². The van der Waals surface area contributed by atoms with E-state index in [0.717, 1.165) is 55.6 Å². The second kappa shape index (κ2) is 12.0. The van der Waals surface area contributed by atoms with Crippen LogP contribution in [0.5, 0.6) is 0 Å². The number of anilines is 2. The average Bonchev–Trinajstić information content (AvgIpc) is 3.35. The number of likely N-dealkylation sites (N-methyl/N-ethyl adjacent to an activating group) is 2. The summed E-state index contributed by atoms with van der Waals surface area (Å²) < 4.78 is 5.61. The van der Waals surface area contributed by atoms with Gasteiger partial charge in [0, 0.05) is 51.4 Å². The summed E-state index contributed by atoms with van der Waals surface area (Å²) in [6.45, 7) is 5.51. The summed E-state index contributed by atoms with van der Waals surface area (Å²) in [5.74, 6) is 1.68. The molecule has 2 atom stereocenters. The molecular formula is C28H38N8O2. The number of ether oxygens (including phenoxy) is 1. The van der Waals surface area contributed by atoms with Crippen LogP contribution in [0.15, 0.2) is 30.3 Å². The van der Waals surface area contributed by atoms with E-state index in [0.29, 0.717) is 25.7 Å². The average molecular weight is 519 g/mol. The monoisotopic (exact) mass is 518 g/mol. The van der Waals surface area contributed by atoms with Gasteiger partial charge in [0.1, 0.15) is 12.4 Å². The van der Waals surface area contributed by atoms with Crippen LogP contribution in [0.3, 0.4) is 0 Å². The summed E-state index contributed by atoms with van der Waals surface area (Å²) in [6.07, 6.45) is 3.16. The number of hydrogen-bond donors (Lipinski definition) is 1. The third-order valence-corrected chi connectivity index (χ3v) is 7.95. The predicted octanol–water partition coefficient (Wildman–Crippen LogP) is 2.39. The van der Waals surface area contributed by atoms with Gasteiger partial charge in [0.25, 0.3) is 0 Å². The van der Waals surface area contributed by atoms with E-state index in [1.807, 2.05) is 30.3 Å². The van der Waals surface area contributed by atoms with Crippen LogP contribution < -0.4 is 15.1 Å². The molecule has 2 fully saturated rings. The maximum Gasteiger partial charge on any atom is 0.410 e. The fourth-order valence-electron chi connectivity index (χ4n) is 5.74. The fourth-order valence-corrected chi connectivity index (χ4v) is 5.74. The molecule has 202 valence electrons. The molecule has 1 aromatic carbocycles. The number of likely N-dealkylation sites (tertiary alicyclic amines) is 1. The first kappa shape index (κ1) is 26.2. The molecule has 5 rings (SSSR count). The number of carbonyl (C=O) groups is 1. The Morgan fingerprint density at radius 2 is 2.05 bits per heavy atom. The molecule has 0 bridgehead atoms. The number of fused-ring (bicyclic) bond motifs is 1. The van der Waals surface area contributed by atoms with E-state index in [-0.39, 0.29) is 25.2 Å². The molecule has 10 nitrogen and oxygen atoms in total. The molecule has 1 N–H and O–H groups in total. The van der Waals surface area contributed by atoms with Crippen molar-refractivity contribution in [2.24, 2.45) is 0 Å². The number of nitrogens with zero attached hydrogens (tertiary/aromatic N) is 7. The molecule has 4 heterocycles. The number of piperazine rings is 1. The molecule has 0 saturated carbocycles. The smallest absolute Gasteiger partial charge is 0.410 e. The van der Waals surface area contributed by atoms with Gasteiger partial charge in [-0.2, -0.15) is 10.2 Å². The van der Waals surface area contributed by atoms with Crippen LogP contribution in [-0.4, -0.2) is 91.3 Å². The van der Waals surface area contributed by atoms with Crippen molar-refractivity contribution < 1.29 is 9.53 Å². The Morgan fingerprint density at radius 1 is 1.21 bits per heavy atom. The predicted molar refractivity (Wildman–Crippen MR) is 146 cm³/mol. The first-order chi connectivity index (χ1) is 18.5. The lowest BCUT2D eigenvalue weighted by Crippen LogP contribution is -2.56. The van der Waals surface area contributed by atoms with E-state index >= 15 is 0 Å². The van der Waals surface area contributed by atoms with Crippen LogP contribution in [0.25, 0.3) is 0 Å². The minimum atomic E-state index is -0.372. The Morgan fingerprint density at radius 3 is 2.82 bits per heavy atom. The Kier molecular flexibility index (Phi) is 8.25. The van der Waals surface area contributed by atoms with Crippen molar-refractivity contribution in [3.63, 3.8) is 0 Å². The number of carbonyl (C=O) groups excluding carboxylic acids is 1. The number of hydrogen-bond acceptors (Lipinski definition) is 9. The summed E-state index contributed by atoms with van der Waals surface area (Å²) in [6, 6.07) is 12.2. The van der Waals surface area contributed by atoms with Gasteiger partial charge < -0.3 is 29.7 Å². The highest BCUT2D eigenvalue weighted by Crippen LogP contribution is 2.29. The maximum atomic E-state index is 13.0. The molecule has 38 heavy (non-hydrogen) atoms. The number of benzene rings is 1. The van der Waals surface area contributed by atoms with Crippen molar-refractivity contribution in [1.29, 1.82) is 5.26 Å². The summed E-state index contributed by atoms with van der Waals surface area (Å²) in [7, 11) is 4.27. The summed E-state index contributed by atoms with van der Waals surface area (Å²) in [5.41, 5.74) is 3.16. The summed E-state index contributed by atoms with van der Waals surface area (Å²) in [4.78, 5) is 31.6. The highest BCUT2D eigenvalue weighted by Gasteiger charge is 2.34. The van der Waals surface area contributed by atoms with Gasteiger partial charge in [0.2, 0.25) is 5.95 Å². The maximum absolute atomic E-state index is 13.0. The third-order valence-electron chi connectivity index (χ3n) is 7.95. The molecule has 1 aromatic heterocycles.